The van der Waals surface area contributed by atoms with Gasteiger partial charge in [-0.3, -0.25) is 4.79 Å². The summed E-state index contributed by atoms with van der Waals surface area (Å²) in [5.41, 5.74) is 2.53. The van der Waals surface area contributed by atoms with E-state index in [-0.39, 0.29) is 11.8 Å². The van der Waals surface area contributed by atoms with Crippen LogP contribution in [0.25, 0.3) is 0 Å². The van der Waals surface area contributed by atoms with E-state index in [9.17, 15) is 4.79 Å². The van der Waals surface area contributed by atoms with E-state index in [0.29, 0.717) is 6.54 Å². The zero-order valence-corrected chi connectivity index (χ0v) is 11.4. The number of carbonyl (C=O) groups excluding carboxylic acids is 1. The van der Waals surface area contributed by atoms with E-state index in [1.54, 1.807) is 11.9 Å². The van der Waals surface area contributed by atoms with Gasteiger partial charge >= 0.3 is 0 Å². The van der Waals surface area contributed by atoms with E-state index in [1.165, 1.54) is 11.1 Å². The number of ether oxygens (including phenoxy) is 1. The van der Waals surface area contributed by atoms with Crippen molar-refractivity contribution in [1.82, 2.24) is 4.90 Å². The minimum Gasteiger partial charge on any atom is -0.493 e. The molecule has 98 valence electrons. The molecule has 0 spiro atoms. The summed E-state index contributed by atoms with van der Waals surface area (Å²) in [4.78, 5) is 13.0. The van der Waals surface area contributed by atoms with E-state index in [2.05, 4.69) is 12.1 Å². The summed E-state index contributed by atoms with van der Waals surface area (Å²) in [6.07, 6.45) is 3.02. The van der Waals surface area contributed by atoms with Gasteiger partial charge in [0, 0.05) is 13.6 Å². The molecule has 0 aliphatic carbocycles. The Morgan fingerprint density at radius 1 is 1.50 bits per heavy atom. The maximum atomic E-state index is 11.3. The van der Waals surface area contributed by atoms with Crippen LogP contribution in [0.4, 0.5) is 0 Å². The molecule has 1 heterocycles. The summed E-state index contributed by atoms with van der Waals surface area (Å²) >= 11 is 5.52. The zero-order valence-electron chi connectivity index (χ0n) is 10.6. The molecule has 3 nitrogen and oxygen atoms in total. The lowest BCUT2D eigenvalue weighted by molar-refractivity contribution is -0.127. The van der Waals surface area contributed by atoms with E-state index in [0.717, 1.165) is 31.6 Å². The first-order chi connectivity index (χ1) is 8.70. The second-order valence-corrected chi connectivity index (χ2v) is 4.86. The average Bonchev–Trinajstić information content (AvgIpc) is 2.43. The first-order valence-electron chi connectivity index (χ1n) is 6.25. The summed E-state index contributed by atoms with van der Waals surface area (Å²) in [6, 6.07) is 6.30. The molecular formula is C14H18ClNO2. The first kappa shape index (κ1) is 13.2. The number of nitrogens with zero attached hydrogens (tertiary/aromatic N) is 1. The summed E-state index contributed by atoms with van der Waals surface area (Å²) < 4.78 is 5.58. The van der Waals surface area contributed by atoms with Gasteiger partial charge in [0.2, 0.25) is 5.91 Å². The van der Waals surface area contributed by atoms with Crippen molar-refractivity contribution in [3.63, 3.8) is 0 Å². The van der Waals surface area contributed by atoms with Gasteiger partial charge < -0.3 is 9.64 Å². The van der Waals surface area contributed by atoms with Crippen LogP contribution >= 0.6 is 11.6 Å². The Hall–Kier alpha value is -1.22. The lowest BCUT2D eigenvalue weighted by Crippen LogP contribution is -2.29. The van der Waals surface area contributed by atoms with Gasteiger partial charge in [-0.1, -0.05) is 12.1 Å². The van der Waals surface area contributed by atoms with Gasteiger partial charge in [0.05, 0.1) is 6.61 Å². The Labute approximate surface area is 113 Å². The molecule has 1 aliphatic heterocycles. The highest BCUT2D eigenvalue weighted by Gasteiger charge is 2.11. The minimum absolute atomic E-state index is 0.0297. The van der Waals surface area contributed by atoms with Crippen LogP contribution in [0.2, 0.25) is 0 Å². The SMILES string of the molecule is CN(CCc1ccc2c(c1)CCCO2)C(=O)CCl. The number of hydrogen-bond donors (Lipinski definition) is 0. The highest BCUT2D eigenvalue weighted by Crippen LogP contribution is 2.25. The van der Waals surface area contributed by atoms with Gasteiger partial charge in [-0.15, -0.1) is 11.6 Å². The van der Waals surface area contributed by atoms with Gasteiger partial charge in [0.25, 0.3) is 0 Å². The minimum atomic E-state index is -0.0297. The number of amides is 1. The molecule has 1 amide bonds. The molecule has 0 bridgehead atoms. The molecule has 4 heteroatoms. The van der Waals surface area contributed by atoms with Crippen molar-refractivity contribution in [2.75, 3.05) is 26.1 Å². The number of rotatable bonds is 4. The Kier molecular flexibility index (Phi) is 4.48. The molecule has 2 rings (SSSR count). The molecule has 0 aromatic heterocycles. The molecule has 1 aromatic carbocycles. The third kappa shape index (κ3) is 3.16. The number of halogens is 1. The van der Waals surface area contributed by atoms with E-state index in [1.807, 2.05) is 6.07 Å². The number of benzene rings is 1. The van der Waals surface area contributed by atoms with Crippen molar-refractivity contribution in [2.45, 2.75) is 19.3 Å². The van der Waals surface area contributed by atoms with Gasteiger partial charge in [0.15, 0.2) is 0 Å². The highest BCUT2D eigenvalue weighted by atomic mass is 35.5. The van der Waals surface area contributed by atoms with Crippen LogP contribution in [-0.4, -0.2) is 36.9 Å². The number of fused-ring (bicyclic) bond motifs is 1. The number of hydrogen-bond acceptors (Lipinski definition) is 2. The second-order valence-electron chi connectivity index (χ2n) is 4.59. The summed E-state index contributed by atoms with van der Waals surface area (Å²) in [5.74, 6) is 1.03. The quantitative estimate of drug-likeness (QED) is 0.783. The molecular weight excluding hydrogens is 250 g/mol. The third-order valence-corrected chi connectivity index (χ3v) is 3.48. The van der Waals surface area contributed by atoms with E-state index in [4.69, 9.17) is 16.3 Å². The zero-order chi connectivity index (χ0) is 13.0. The summed E-state index contributed by atoms with van der Waals surface area (Å²) in [5, 5.41) is 0. The Balaban J connectivity index is 1.96. The van der Waals surface area contributed by atoms with Crippen LogP contribution in [0.5, 0.6) is 5.75 Å². The normalized spacial score (nSPS) is 13.7. The molecule has 0 unspecified atom stereocenters. The van der Waals surface area contributed by atoms with Crippen molar-refractivity contribution in [3.8, 4) is 5.75 Å². The van der Waals surface area contributed by atoms with Crippen molar-refractivity contribution < 1.29 is 9.53 Å². The monoisotopic (exact) mass is 267 g/mol. The molecule has 1 aromatic rings. The van der Waals surface area contributed by atoms with Crippen molar-refractivity contribution in [3.05, 3.63) is 29.3 Å². The number of aryl methyl sites for hydroxylation is 1. The lowest BCUT2D eigenvalue weighted by Gasteiger charge is -2.19. The van der Waals surface area contributed by atoms with Crippen LogP contribution in [0.1, 0.15) is 17.5 Å². The largest absolute Gasteiger partial charge is 0.493 e. The smallest absolute Gasteiger partial charge is 0.237 e. The van der Waals surface area contributed by atoms with Crippen LogP contribution in [0.3, 0.4) is 0 Å². The molecule has 0 radical (unpaired) electrons. The van der Waals surface area contributed by atoms with Crippen molar-refractivity contribution in [2.24, 2.45) is 0 Å². The van der Waals surface area contributed by atoms with Crippen LogP contribution < -0.4 is 4.74 Å². The summed E-state index contributed by atoms with van der Waals surface area (Å²) in [7, 11) is 1.78. The van der Waals surface area contributed by atoms with Crippen molar-refractivity contribution >= 4 is 17.5 Å². The Morgan fingerprint density at radius 2 is 2.33 bits per heavy atom. The molecule has 0 fully saturated rings. The maximum Gasteiger partial charge on any atom is 0.237 e. The number of alkyl halides is 1. The second kappa shape index (κ2) is 6.10. The fraction of sp³-hybridized carbons (Fsp3) is 0.500. The predicted molar refractivity (Wildman–Crippen MR) is 72.3 cm³/mol. The Morgan fingerprint density at radius 3 is 3.11 bits per heavy atom. The average molecular weight is 268 g/mol. The molecule has 1 aliphatic rings. The van der Waals surface area contributed by atoms with Gasteiger partial charge in [-0.05, 0) is 36.5 Å². The molecule has 0 atom stereocenters. The number of likely N-dealkylation sites (N-methyl/N-ethyl adjacent to an activating group) is 1. The van der Waals surface area contributed by atoms with Crippen LogP contribution in [0.15, 0.2) is 18.2 Å². The predicted octanol–water partition coefficient (Wildman–Crippen LogP) is 2.25. The fourth-order valence-corrected chi connectivity index (χ4v) is 2.30. The molecule has 0 saturated carbocycles. The molecule has 0 saturated heterocycles. The molecule has 18 heavy (non-hydrogen) atoms. The van der Waals surface area contributed by atoms with Gasteiger partial charge in [0.1, 0.15) is 11.6 Å². The van der Waals surface area contributed by atoms with E-state index >= 15 is 0 Å². The maximum absolute atomic E-state index is 11.3. The van der Waals surface area contributed by atoms with Crippen LogP contribution in [0, 0.1) is 0 Å². The van der Waals surface area contributed by atoms with Gasteiger partial charge in [-0.25, -0.2) is 0 Å². The standard InChI is InChI=1S/C14H18ClNO2/c1-16(14(17)10-15)7-6-11-4-5-13-12(9-11)3-2-8-18-13/h4-5,9H,2-3,6-8,10H2,1H3. The molecule has 0 N–H and O–H groups in total. The first-order valence-corrected chi connectivity index (χ1v) is 6.78. The third-order valence-electron chi connectivity index (χ3n) is 3.25. The highest BCUT2D eigenvalue weighted by molar-refractivity contribution is 6.27. The lowest BCUT2D eigenvalue weighted by atomic mass is 10.0. The van der Waals surface area contributed by atoms with Crippen LogP contribution in [-0.2, 0) is 17.6 Å². The summed E-state index contributed by atoms with van der Waals surface area (Å²) in [6.45, 7) is 1.52. The number of carbonyl (C=O) groups is 1. The van der Waals surface area contributed by atoms with Crippen molar-refractivity contribution in [1.29, 1.82) is 0 Å². The van der Waals surface area contributed by atoms with E-state index < -0.39 is 0 Å². The fourth-order valence-electron chi connectivity index (χ4n) is 2.09. The van der Waals surface area contributed by atoms with Gasteiger partial charge in [-0.2, -0.15) is 0 Å². The Bertz CT molecular complexity index is 434. The topological polar surface area (TPSA) is 29.5 Å².